The van der Waals surface area contributed by atoms with Crippen molar-refractivity contribution in [2.24, 2.45) is 0 Å². The van der Waals surface area contributed by atoms with Crippen molar-refractivity contribution < 1.29 is 4.79 Å². The fourth-order valence-electron chi connectivity index (χ4n) is 3.71. The van der Waals surface area contributed by atoms with Gasteiger partial charge in [0.1, 0.15) is 0 Å². The van der Waals surface area contributed by atoms with Gasteiger partial charge in [-0.2, -0.15) is 0 Å². The zero-order valence-corrected chi connectivity index (χ0v) is 14.0. The first kappa shape index (κ1) is 14.9. The molecule has 0 radical (unpaired) electrons. The maximum Gasteiger partial charge on any atom is 0.257 e. The van der Waals surface area contributed by atoms with E-state index in [2.05, 4.69) is 22.4 Å². The average Bonchev–Trinajstić information content (AvgIpc) is 3.02. The molecule has 0 unspecified atom stereocenters. The fraction of sp³-hybridized carbons (Fsp3) is 0.238. The monoisotopic (exact) mass is 316 g/mol. The number of amides is 1. The Bertz CT molecular complexity index is 959. The second kappa shape index (κ2) is 5.75. The second-order valence-corrected chi connectivity index (χ2v) is 6.51. The number of pyridine rings is 1. The second-order valence-electron chi connectivity index (χ2n) is 6.51. The normalized spacial score (nSPS) is 13.1. The van der Waals surface area contributed by atoms with Gasteiger partial charge in [0.25, 0.3) is 5.91 Å². The van der Waals surface area contributed by atoms with Gasteiger partial charge in [0.2, 0.25) is 0 Å². The molecular weight excluding hydrogens is 296 g/mol. The van der Waals surface area contributed by atoms with Crippen LogP contribution in [-0.4, -0.2) is 10.9 Å². The number of para-hydroxylation sites is 1. The van der Waals surface area contributed by atoms with Gasteiger partial charge in [-0.3, -0.25) is 9.78 Å². The number of fused-ring (bicyclic) bond motifs is 2. The van der Waals surface area contributed by atoms with Crippen LogP contribution in [0.15, 0.2) is 42.5 Å². The summed E-state index contributed by atoms with van der Waals surface area (Å²) in [5.74, 6) is -0.0822. The van der Waals surface area contributed by atoms with E-state index in [0.717, 1.165) is 40.7 Å². The summed E-state index contributed by atoms with van der Waals surface area (Å²) < 4.78 is 0. The standard InChI is InChI=1S/C21H20N2O/c1-13-18-8-3-4-9-19(18)22-14(2)20(13)21(24)23-17-11-10-15-6-5-7-16(15)12-17/h3-4,8-12H,5-7H2,1-2H3,(H,23,24). The van der Waals surface area contributed by atoms with Crippen LogP contribution < -0.4 is 5.32 Å². The SMILES string of the molecule is Cc1nc2ccccc2c(C)c1C(=O)Nc1ccc2c(c1)CCC2. The minimum Gasteiger partial charge on any atom is -0.322 e. The van der Waals surface area contributed by atoms with E-state index < -0.39 is 0 Å². The third-order valence-electron chi connectivity index (χ3n) is 4.92. The molecule has 1 aliphatic rings. The number of hydrogen-bond acceptors (Lipinski definition) is 2. The highest BCUT2D eigenvalue weighted by Crippen LogP contribution is 2.27. The molecule has 4 rings (SSSR count). The summed E-state index contributed by atoms with van der Waals surface area (Å²) in [6.07, 6.45) is 3.46. The van der Waals surface area contributed by atoms with Gasteiger partial charge in [0.05, 0.1) is 16.8 Å². The van der Waals surface area contributed by atoms with Crippen LogP contribution in [0, 0.1) is 13.8 Å². The number of benzene rings is 2. The third-order valence-corrected chi connectivity index (χ3v) is 4.92. The van der Waals surface area contributed by atoms with Crippen molar-refractivity contribution in [1.82, 2.24) is 4.98 Å². The van der Waals surface area contributed by atoms with Crippen molar-refractivity contribution in [1.29, 1.82) is 0 Å². The molecule has 1 heterocycles. The average molecular weight is 316 g/mol. The van der Waals surface area contributed by atoms with E-state index in [1.54, 1.807) is 0 Å². The van der Waals surface area contributed by atoms with Crippen LogP contribution in [0.1, 0.15) is 39.2 Å². The van der Waals surface area contributed by atoms with E-state index in [-0.39, 0.29) is 5.91 Å². The van der Waals surface area contributed by atoms with Crippen molar-refractivity contribution in [3.63, 3.8) is 0 Å². The molecule has 24 heavy (non-hydrogen) atoms. The summed E-state index contributed by atoms with van der Waals surface area (Å²) in [5.41, 5.74) is 7.00. The Balaban J connectivity index is 1.71. The Morgan fingerprint density at radius 2 is 1.83 bits per heavy atom. The van der Waals surface area contributed by atoms with Gasteiger partial charge in [0.15, 0.2) is 0 Å². The van der Waals surface area contributed by atoms with Gasteiger partial charge in [-0.05, 0) is 68.0 Å². The van der Waals surface area contributed by atoms with Crippen LogP contribution in [0.4, 0.5) is 5.69 Å². The summed E-state index contributed by atoms with van der Waals surface area (Å²) >= 11 is 0. The quantitative estimate of drug-likeness (QED) is 0.751. The van der Waals surface area contributed by atoms with Crippen molar-refractivity contribution in [3.8, 4) is 0 Å². The van der Waals surface area contributed by atoms with Gasteiger partial charge in [-0.25, -0.2) is 0 Å². The Morgan fingerprint density at radius 1 is 1.04 bits per heavy atom. The van der Waals surface area contributed by atoms with Gasteiger partial charge >= 0.3 is 0 Å². The van der Waals surface area contributed by atoms with E-state index >= 15 is 0 Å². The molecule has 3 nitrogen and oxygen atoms in total. The molecule has 1 aliphatic carbocycles. The Kier molecular flexibility index (Phi) is 3.57. The van der Waals surface area contributed by atoms with E-state index in [4.69, 9.17) is 0 Å². The van der Waals surface area contributed by atoms with Crippen LogP contribution >= 0.6 is 0 Å². The lowest BCUT2D eigenvalue weighted by Crippen LogP contribution is -2.16. The maximum atomic E-state index is 12.8. The van der Waals surface area contributed by atoms with E-state index in [9.17, 15) is 4.79 Å². The van der Waals surface area contributed by atoms with Crippen molar-refractivity contribution in [2.75, 3.05) is 5.32 Å². The van der Waals surface area contributed by atoms with Gasteiger partial charge in [-0.1, -0.05) is 24.3 Å². The van der Waals surface area contributed by atoms with Crippen molar-refractivity contribution in [2.45, 2.75) is 33.1 Å². The Hall–Kier alpha value is -2.68. The molecule has 0 aliphatic heterocycles. The number of nitrogens with zero attached hydrogens (tertiary/aromatic N) is 1. The van der Waals surface area contributed by atoms with Crippen molar-refractivity contribution >= 4 is 22.5 Å². The van der Waals surface area contributed by atoms with Gasteiger partial charge in [0, 0.05) is 11.1 Å². The molecule has 1 amide bonds. The topological polar surface area (TPSA) is 42.0 Å². The first-order chi connectivity index (χ1) is 11.6. The number of nitrogens with one attached hydrogen (secondary N) is 1. The van der Waals surface area contributed by atoms with E-state index in [1.165, 1.54) is 17.5 Å². The number of anilines is 1. The lowest BCUT2D eigenvalue weighted by atomic mass is 10.0. The number of aryl methyl sites for hydroxylation is 4. The molecule has 0 fully saturated rings. The zero-order valence-electron chi connectivity index (χ0n) is 14.0. The lowest BCUT2D eigenvalue weighted by Gasteiger charge is -2.13. The number of aromatic nitrogens is 1. The molecule has 2 aromatic carbocycles. The summed E-state index contributed by atoms with van der Waals surface area (Å²) in [5, 5.41) is 4.09. The first-order valence-corrected chi connectivity index (χ1v) is 8.42. The Morgan fingerprint density at radius 3 is 2.71 bits per heavy atom. The highest BCUT2D eigenvalue weighted by molar-refractivity contribution is 6.08. The number of hydrogen-bond donors (Lipinski definition) is 1. The molecule has 0 bridgehead atoms. The van der Waals surface area contributed by atoms with Gasteiger partial charge in [-0.15, -0.1) is 0 Å². The molecule has 1 aromatic heterocycles. The summed E-state index contributed by atoms with van der Waals surface area (Å²) in [6, 6.07) is 14.2. The smallest absolute Gasteiger partial charge is 0.257 e. The van der Waals surface area contributed by atoms with Crippen LogP contribution in [0.3, 0.4) is 0 Å². The molecule has 0 saturated heterocycles. The highest BCUT2D eigenvalue weighted by atomic mass is 16.1. The molecule has 0 saturated carbocycles. The molecular formula is C21H20N2O. The van der Waals surface area contributed by atoms with Crippen LogP contribution in [0.25, 0.3) is 10.9 Å². The molecule has 3 heteroatoms. The van der Waals surface area contributed by atoms with E-state index in [0.29, 0.717) is 5.56 Å². The zero-order chi connectivity index (χ0) is 16.7. The van der Waals surface area contributed by atoms with Crippen LogP contribution in [0.5, 0.6) is 0 Å². The largest absolute Gasteiger partial charge is 0.322 e. The summed E-state index contributed by atoms with van der Waals surface area (Å²) in [4.78, 5) is 17.4. The molecule has 0 atom stereocenters. The minimum atomic E-state index is -0.0822. The predicted molar refractivity (Wildman–Crippen MR) is 97.6 cm³/mol. The molecule has 3 aromatic rings. The maximum absolute atomic E-state index is 12.8. The van der Waals surface area contributed by atoms with Crippen molar-refractivity contribution in [3.05, 3.63) is 70.4 Å². The van der Waals surface area contributed by atoms with Crippen LogP contribution in [0.2, 0.25) is 0 Å². The number of carbonyl (C=O) groups is 1. The van der Waals surface area contributed by atoms with E-state index in [1.807, 2.05) is 44.2 Å². The number of rotatable bonds is 2. The molecule has 120 valence electrons. The number of carbonyl (C=O) groups excluding carboxylic acids is 1. The first-order valence-electron chi connectivity index (χ1n) is 8.42. The summed E-state index contributed by atoms with van der Waals surface area (Å²) in [6.45, 7) is 3.89. The lowest BCUT2D eigenvalue weighted by molar-refractivity contribution is 0.102. The fourth-order valence-corrected chi connectivity index (χ4v) is 3.71. The highest BCUT2D eigenvalue weighted by Gasteiger charge is 2.17. The Labute approximate surface area is 141 Å². The predicted octanol–water partition coefficient (Wildman–Crippen LogP) is 4.59. The van der Waals surface area contributed by atoms with Gasteiger partial charge < -0.3 is 5.32 Å². The summed E-state index contributed by atoms with van der Waals surface area (Å²) in [7, 11) is 0. The third kappa shape index (κ3) is 2.46. The van der Waals surface area contributed by atoms with Crippen LogP contribution in [-0.2, 0) is 12.8 Å². The molecule has 1 N–H and O–H groups in total. The minimum absolute atomic E-state index is 0.0822. The molecule has 0 spiro atoms.